The number of rotatable bonds is 4. The Labute approximate surface area is 133 Å². The molecule has 0 radical (unpaired) electrons. The van der Waals surface area contributed by atoms with Crippen molar-refractivity contribution in [2.75, 3.05) is 24.2 Å². The van der Waals surface area contributed by atoms with E-state index in [1.807, 2.05) is 18.2 Å². The fraction of sp³-hybridized carbons (Fsp3) is 0.267. The van der Waals surface area contributed by atoms with Crippen LogP contribution in [0, 0.1) is 0 Å². The van der Waals surface area contributed by atoms with Gasteiger partial charge in [0, 0.05) is 13.5 Å². The molecule has 0 aliphatic carbocycles. The Morgan fingerprint density at radius 1 is 1.24 bits per heavy atom. The molecule has 0 fully saturated rings. The van der Waals surface area contributed by atoms with E-state index in [0.717, 1.165) is 12.2 Å². The number of anilines is 2. The summed E-state index contributed by atoms with van der Waals surface area (Å²) >= 11 is 12.2. The van der Waals surface area contributed by atoms with Crippen LogP contribution in [0.1, 0.15) is 5.56 Å². The van der Waals surface area contributed by atoms with Crippen LogP contribution in [0.3, 0.4) is 0 Å². The summed E-state index contributed by atoms with van der Waals surface area (Å²) in [5, 5.41) is 7.15. The summed E-state index contributed by atoms with van der Waals surface area (Å²) in [5.74, 6) is 2.15. The van der Waals surface area contributed by atoms with Gasteiger partial charge in [-0.25, -0.2) is 4.98 Å². The van der Waals surface area contributed by atoms with Crippen molar-refractivity contribution in [3.05, 3.63) is 45.9 Å². The molecule has 0 amide bonds. The van der Waals surface area contributed by atoms with E-state index in [9.17, 15) is 0 Å². The zero-order valence-electron chi connectivity index (χ0n) is 11.5. The number of pyridine rings is 1. The molecule has 0 saturated heterocycles. The predicted molar refractivity (Wildman–Crippen MR) is 86.9 cm³/mol. The number of fused-ring (bicyclic) bond motifs is 1. The van der Waals surface area contributed by atoms with Crippen molar-refractivity contribution in [2.24, 2.45) is 0 Å². The van der Waals surface area contributed by atoms with Crippen LogP contribution < -0.4 is 15.4 Å². The smallest absolute Gasteiger partial charge is 0.147 e. The third-order valence-electron chi connectivity index (χ3n) is 3.38. The molecule has 6 heteroatoms. The minimum atomic E-state index is 0.0778. The van der Waals surface area contributed by atoms with Crippen LogP contribution in [0.4, 0.5) is 11.6 Å². The van der Waals surface area contributed by atoms with Gasteiger partial charge in [0.1, 0.15) is 23.5 Å². The molecule has 0 saturated carbocycles. The Kier molecular flexibility index (Phi) is 4.08. The Morgan fingerprint density at radius 3 is 2.76 bits per heavy atom. The number of benzene rings is 1. The Morgan fingerprint density at radius 2 is 2.00 bits per heavy atom. The van der Waals surface area contributed by atoms with Gasteiger partial charge in [0.05, 0.1) is 16.6 Å². The minimum Gasteiger partial charge on any atom is -0.488 e. The number of hydrogen-bond acceptors (Lipinski definition) is 4. The third kappa shape index (κ3) is 3.01. The molecular weight excluding hydrogens is 309 g/mol. The molecule has 1 aliphatic heterocycles. The maximum Gasteiger partial charge on any atom is 0.147 e. The molecule has 1 aromatic heterocycles. The Balaban J connectivity index is 1.67. The van der Waals surface area contributed by atoms with Gasteiger partial charge in [-0.3, -0.25) is 0 Å². The highest BCUT2D eigenvalue weighted by atomic mass is 35.5. The first-order valence-corrected chi connectivity index (χ1v) is 7.45. The zero-order valence-corrected chi connectivity index (χ0v) is 13.0. The summed E-state index contributed by atoms with van der Waals surface area (Å²) in [5.41, 5.74) is 1.23. The topological polar surface area (TPSA) is 46.2 Å². The number of para-hydroxylation sites is 1. The maximum atomic E-state index is 6.16. The second-order valence-electron chi connectivity index (χ2n) is 4.83. The summed E-state index contributed by atoms with van der Waals surface area (Å²) < 4.78 is 5.87. The molecule has 1 aliphatic rings. The molecule has 110 valence electrons. The van der Waals surface area contributed by atoms with Gasteiger partial charge in [0.2, 0.25) is 0 Å². The first-order chi connectivity index (χ1) is 10.2. The standard InChI is InChI=1S/C15H15Cl2N3O/c1-18-14-11(16)7-12(17)15(20-14)19-8-10-6-9-4-2-3-5-13(9)21-10/h2-5,7,10H,6,8H2,1H3,(H2,18,19,20). The summed E-state index contributed by atoms with van der Waals surface area (Å²) in [4.78, 5) is 4.36. The van der Waals surface area contributed by atoms with Crippen molar-refractivity contribution in [1.29, 1.82) is 0 Å². The van der Waals surface area contributed by atoms with Gasteiger partial charge in [-0.15, -0.1) is 0 Å². The van der Waals surface area contributed by atoms with Gasteiger partial charge in [-0.05, 0) is 17.7 Å². The van der Waals surface area contributed by atoms with Gasteiger partial charge >= 0.3 is 0 Å². The van der Waals surface area contributed by atoms with Crippen molar-refractivity contribution in [3.63, 3.8) is 0 Å². The fourth-order valence-corrected chi connectivity index (χ4v) is 2.86. The summed E-state index contributed by atoms with van der Waals surface area (Å²) in [6.45, 7) is 0.631. The van der Waals surface area contributed by atoms with Crippen molar-refractivity contribution in [1.82, 2.24) is 4.98 Å². The van der Waals surface area contributed by atoms with Gasteiger partial charge in [0.25, 0.3) is 0 Å². The lowest BCUT2D eigenvalue weighted by molar-refractivity contribution is 0.246. The van der Waals surface area contributed by atoms with Crippen LogP contribution in [0.5, 0.6) is 5.75 Å². The average molecular weight is 324 g/mol. The third-order valence-corrected chi connectivity index (χ3v) is 3.95. The van der Waals surface area contributed by atoms with E-state index < -0.39 is 0 Å². The Hall–Kier alpha value is -1.65. The molecule has 1 atom stereocenters. The highest BCUT2D eigenvalue weighted by Gasteiger charge is 2.22. The monoisotopic (exact) mass is 323 g/mol. The minimum absolute atomic E-state index is 0.0778. The lowest BCUT2D eigenvalue weighted by atomic mass is 10.1. The lowest BCUT2D eigenvalue weighted by Gasteiger charge is -2.14. The molecule has 21 heavy (non-hydrogen) atoms. The van der Waals surface area contributed by atoms with E-state index in [1.165, 1.54) is 5.56 Å². The van der Waals surface area contributed by atoms with E-state index >= 15 is 0 Å². The van der Waals surface area contributed by atoms with Crippen molar-refractivity contribution >= 4 is 34.8 Å². The van der Waals surface area contributed by atoms with E-state index in [4.69, 9.17) is 27.9 Å². The van der Waals surface area contributed by atoms with Crippen LogP contribution >= 0.6 is 23.2 Å². The largest absolute Gasteiger partial charge is 0.488 e. The van der Waals surface area contributed by atoms with Crippen LogP contribution in [0.2, 0.25) is 10.0 Å². The maximum absolute atomic E-state index is 6.16. The van der Waals surface area contributed by atoms with Crippen molar-refractivity contribution < 1.29 is 4.74 Å². The highest BCUT2D eigenvalue weighted by Crippen LogP contribution is 2.31. The molecule has 1 unspecified atom stereocenters. The molecule has 0 bridgehead atoms. The second kappa shape index (κ2) is 6.00. The average Bonchev–Trinajstić information content (AvgIpc) is 2.89. The van der Waals surface area contributed by atoms with E-state index in [2.05, 4.69) is 21.7 Å². The van der Waals surface area contributed by atoms with E-state index in [0.29, 0.717) is 28.2 Å². The normalized spacial score (nSPS) is 16.2. The molecule has 2 N–H and O–H groups in total. The first kappa shape index (κ1) is 14.3. The van der Waals surface area contributed by atoms with Gasteiger partial charge in [-0.2, -0.15) is 0 Å². The predicted octanol–water partition coefficient (Wildman–Crippen LogP) is 3.85. The molecule has 0 spiro atoms. The molecule has 2 heterocycles. The van der Waals surface area contributed by atoms with Crippen LogP contribution in [0.25, 0.3) is 0 Å². The highest BCUT2D eigenvalue weighted by molar-refractivity contribution is 6.37. The molecule has 1 aromatic carbocycles. The number of nitrogens with one attached hydrogen (secondary N) is 2. The Bertz CT molecular complexity index is 638. The van der Waals surface area contributed by atoms with Gasteiger partial charge in [0.15, 0.2) is 0 Å². The van der Waals surface area contributed by atoms with Gasteiger partial charge < -0.3 is 15.4 Å². The molecule has 4 nitrogen and oxygen atoms in total. The van der Waals surface area contributed by atoms with Crippen LogP contribution in [-0.4, -0.2) is 24.7 Å². The molecule has 3 rings (SSSR count). The first-order valence-electron chi connectivity index (χ1n) is 6.69. The summed E-state index contributed by atoms with van der Waals surface area (Å²) in [6.07, 6.45) is 0.960. The number of halogens is 2. The number of ether oxygens (including phenoxy) is 1. The number of nitrogens with zero attached hydrogens (tertiary/aromatic N) is 1. The van der Waals surface area contributed by atoms with E-state index in [1.54, 1.807) is 13.1 Å². The molecule has 2 aromatic rings. The van der Waals surface area contributed by atoms with Crippen LogP contribution in [-0.2, 0) is 6.42 Å². The SMILES string of the molecule is CNc1nc(NCC2Cc3ccccc3O2)c(Cl)cc1Cl. The summed E-state index contributed by atoms with van der Waals surface area (Å²) in [7, 11) is 1.77. The number of aromatic nitrogens is 1. The zero-order chi connectivity index (χ0) is 14.8. The van der Waals surface area contributed by atoms with Crippen LogP contribution in [0.15, 0.2) is 30.3 Å². The fourth-order valence-electron chi connectivity index (χ4n) is 2.34. The van der Waals surface area contributed by atoms with Crippen molar-refractivity contribution in [2.45, 2.75) is 12.5 Å². The van der Waals surface area contributed by atoms with Crippen molar-refractivity contribution in [3.8, 4) is 5.75 Å². The lowest BCUT2D eigenvalue weighted by Crippen LogP contribution is -2.24. The quantitative estimate of drug-likeness (QED) is 0.897. The molecular formula is C15H15Cl2N3O. The van der Waals surface area contributed by atoms with E-state index in [-0.39, 0.29) is 6.10 Å². The number of hydrogen-bond donors (Lipinski definition) is 2. The van der Waals surface area contributed by atoms with Gasteiger partial charge in [-0.1, -0.05) is 41.4 Å². The second-order valence-corrected chi connectivity index (χ2v) is 5.65. The summed E-state index contributed by atoms with van der Waals surface area (Å²) in [6, 6.07) is 9.75.